The van der Waals surface area contributed by atoms with Crippen LogP contribution in [-0.4, -0.2) is 55.6 Å². The third-order valence-corrected chi connectivity index (χ3v) is 5.87. The monoisotopic (exact) mass is 395 g/mol. The van der Waals surface area contributed by atoms with Crippen molar-refractivity contribution in [3.05, 3.63) is 29.8 Å². The number of carboxylic acids is 1. The van der Waals surface area contributed by atoms with Crippen LogP contribution >= 0.6 is 0 Å². The lowest BCUT2D eigenvalue weighted by Crippen LogP contribution is -2.34. The van der Waals surface area contributed by atoms with Crippen LogP contribution in [-0.2, 0) is 19.6 Å². The van der Waals surface area contributed by atoms with Gasteiger partial charge in [0.1, 0.15) is 0 Å². The van der Waals surface area contributed by atoms with Crippen LogP contribution in [0.3, 0.4) is 0 Å². The molecule has 2 atom stereocenters. The number of carbonyl (C=O) groups is 2. The second kappa shape index (κ2) is 7.23. The highest BCUT2D eigenvalue weighted by Crippen LogP contribution is 2.39. The number of carboxylic acid groups (broad SMARTS) is 1. The SMILES string of the molecule is CCOC(=O)c1ccc(S(=O)(=O)N2C[C@@H](C(F)(F)F)[C@H](C(=O)O)C2)cc1. The minimum Gasteiger partial charge on any atom is -0.481 e. The van der Waals surface area contributed by atoms with E-state index in [1.165, 1.54) is 12.1 Å². The van der Waals surface area contributed by atoms with E-state index in [0.29, 0.717) is 4.31 Å². The topological polar surface area (TPSA) is 101 Å². The minimum absolute atomic E-state index is 0.0869. The number of esters is 1. The van der Waals surface area contributed by atoms with Gasteiger partial charge in [0.15, 0.2) is 0 Å². The first-order valence-electron chi connectivity index (χ1n) is 7.55. The molecule has 1 N–H and O–H groups in total. The molecule has 1 aromatic carbocycles. The standard InChI is InChI=1S/C15H16F3NO6S/c1-2-25-14(22)9-3-5-10(6-4-9)26(23,24)19-7-11(13(20)21)12(8-19)15(16,17)18/h3-6,11-12H,2,7-8H2,1H3,(H,20,21)/t11-,12-/m1/s1. The highest BCUT2D eigenvalue weighted by Gasteiger charge is 2.54. The first-order chi connectivity index (χ1) is 12.0. The van der Waals surface area contributed by atoms with Gasteiger partial charge in [-0.15, -0.1) is 0 Å². The number of hydrogen-bond acceptors (Lipinski definition) is 5. The van der Waals surface area contributed by atoms with E-state index in [9.17, 15) is 31.2 Å². The smallest absolute Gasteiger partial charge is 0.393 e. The molecule has 144 valence electrons. The van der Waals surface area contributed by atoms with Crippen LogP contribution in [0, 0.1) is 11.8 Å². The van der Waals surface area contributed by atoms with Gasteiger partial charge in [0.05, 0.1) is 28.9 Å². The molecule has 0 radical (unpaired) electrons. The molecule has 0 unspecified atom stereocenters. The molecule has 1 fully saturated rings. The summed E-state index contributed by atoms with van der Waals surface area (Å²) in [5.74, 6) is -6.53. The Morgan fingerprint density at radius 2 is 1.81 bits per heavy atom. The normalized spacial score (nSPS) is 21.5. The van der Waals surface area contributed by atoms with Gasteiger partial charge in [-0.05, 0) is 31.2 Å². The van der Waals surface area contributed by atoms with Crippen LogP contribution in [0.4, 0.5) is 13.2 Å². The van der Waals surface area contributed by atoms with E-state index >= 15 is 0 Å². The molecule has 7 nitrogen and oxygen atoms in total. The Morgan fingerprint density at radius 3 is 2.23 bits per heavy atom. The second-order valence-corrected chi connectivity index (χ2v) is 7.60. The molecule has 1 aliphatic heterocycles. The maximum atomic E-state index is 13.0. The Morgan fingerprint density at radius 1 is 1.23 bits per heavy atom. The fourth-order valence-electron chi connectivity index (χ4n) is 2.67. The van der Waals surface area contributed by atoms with Gasteiger partial charge in [0.25, 0.3) is 0 Å². The van der Waals surface area contributed by atoms with E-state index in [1.54, 1.807) is 6.92 Å². The zero-order chi connectivity index (χ0) is 19.7. The van der Waals surface area contributed by atoms with Crippen molar-refractivity contribution in [2.75, 3.05) is 19.7 Å². The highest BCUT2D eigenvalue weighted by molar-refractivity contribution is 7.89. The van der Waals surface area contributed by atoms with Crippen molar-refractivity contribution in [3.8, 4) is 0 Å². The number of alkyl halides is 3. The predicted molar refractivity (Wildman–Crippen MR) is 81.8 cm³/mol. The van der Waals surface area contributed by atoms with E-state index < -0.39 is 53.1 Å². The van der Waals surface area contributed by atoms with Crippen LogP contribution in [0.15, 0.2) is 29.2 Å². The molecule has 1 aliphatic rings. The molecular formula is C15H16F3NO6S. The van der Waals surface area contributed by atoms with Crippen LogP contribution in [0.2, 0.25) is 0 Å². The third-order valence-electron chi connectivity index (χ3n) is 4.03. The van der Waals surface area contributed by atoms with Crippen LogP contribution in [0.1, 0.15) is 17.3 Å². The molecule has 1 saturated heterocycles. The van der Waals surface area contributed by atoms with Crippen molar-refractivity contribution >= 4 is 22.0 Å². The molecule has 0 bridgehead atoms. The van der Waals surface area contributed by atoms with E-state index in [1.807, 2.05) is 0 Å². The molecule has 1 aromatic rings. The number of rotatable bonds is 5. The quantitative estimate of drug-likeness (QED) is 0.763. The number of hydrogen-bond donors (Lipinski definition) is 1. The maximum absolute atomic E-state index is 13.0. The van der Waals surface area contributed by atoms with Gasteiger partial charge < -0.3 is 9.84 Å². The van der Waals surface area contributed by atoms with Crippen molar-refractivity contribution < 1.29 is 41.0 Å². The first-order valence-corrected chi connectivity index (χ1v) is 8.99. The molecule has 0 aromatic heterocycles. The summed E-state index contributed by atoms with van der Waals surface area (Å²) in [6.07, 6.45) is -4.83. The second-order valence-electron chi connectivity index (χ2n) is 5.66. The van der Waals surface area contributed by atoms with Crippen molar-refractivity contribution in [3.63, 3.8) is 0 Å². The molecular weight excluding hydrogens is 379 g/mol. The van der Waals surface area contributed by atoms with Gasteiger partial charge in [-0.25, -0.2) is 13.2 Å². The number of nitrogens with zero attached hydrogens (tertiary/aromatic N) is 1. The fraction of sp³-hybridized carbons (Fsp3) is 0.467. The lowest BCUT2D eigenvalue weighted by atomic mass is 9.96. The van der Waals surface area contributed by atoms with Gasteiger partial charge in [-0.3, -0.25) is 4.79 Å². The lowest BCUT2D eigenvalue weighted by Gasteiger charge is -2.18. The summed E-state index contributed by atoms with van der Waals surface area (Å²) >= 11 is 0. The number of aliphatic carboxylic acids is 1. The average Bonchev–Trinajstić information content (AvgIpc) is 3.02. The van der Waals surface area contributed by atoms with E-state index in [4.69, 9.17) is 9.84 Å². The third kappa shape index (κ3) is 3.98. The number of benzene rings is 1. The zero-order valence-electron chi connectivity index (χ0n) is 13.6. The predicted octanol–water partition coefficient (Wildman–Crippen LogP) is 1.75. The van der Waals surface area contributed by atoms with Crippen molar-refractivity contribution in [2.45, 2.75) is 18.0 Å². The van der Waals surface area contributed by atoms with Crippen molar-refractivity contribution in [1.82, 2.24) is 4.31 Å². The summed E-state index contributed by atoms with van der Waals surface area (Å²) in [5.41, 5.74) is 0.0869. The van der Waals surface area contributed by atoms with Gasteiger partial charge in [-0.2, -0.15) is 17.5 Å². The summed E-state index contributed by atoms with van der Waals surface area (Å²) < 4.78 is 69.4. The number of carbonyl (C=O) groups excluding carboxylic acids is 1. The fourth-order valence-corrected chi connectivity index (χ4v) is 4.16. The van der Waals surface area contributed by atoms with E-state index in [2.05, 4.69) is 0 Å². The Kier molecular flexibility index (Phi) is 5.61. The summed E-state index contributed by atoms with van der Waals surface area (Å²) in [6.45, 7) is -0.0218. The summed E-state index contributed by atoms with van der Waals surface area (Å²) in [6, 6.07) is 4.49. The summed E-state index contributed by atoms with van der Waals surface area (Å²) in [5, 5.41) is 8.98. The Labute approximate surface area is 147 Å². The zero-order valence-corrected chi connectivity index (χ0v) is 14.4. The first kappa shape index (κ1) is 20.2. The molecule has 0 amide bonds. The summed E-state index contributed by atoms with van der Waals surface area (Å²) in [4.78, 5) is 22.3. The Hall–Kier alpha value is -2.14. The average molecular weight is 395 g/mol. The lowest BCUT2D eigenvalue weighted by molar-refractivity contribution is -0.187. The van der Waals surface area contributed by atoms with Crippen LogP contribution < -0.4 is 0 Å². The Bertz CT molecular complexity index is 791. The molecule has 2 rings (SSSR count). The number of ether oxygens (including phenoxy) is 1. The molecule has 0 aliphatic carbocycles. The number of sulfonamides is 1. The highest BCUT2D eigenvalue weighted by atomic mass is 32.2. The van der Waals surface area contributed by atoms with Crippen LogP contribution in [0.5, 0.6) is 0 Å². The van der Waals surface area contributed by atoms with Crippen molar-refractivity contribution in [2.24, 2.45) is 11.8 Å². The molecule has 0 saturated carbocycles. The molecule has 0 spiro atoms. The Balaban J connectivity index is 2.27. The maximum Gasteiger partial charge on any atom is 0.393 e. The van der Waals surface area contributed by atoms with Gasteiger partial charge in [0.2, 0.25) is 10.0 Å². The van der Waals surface area contributed by atoms with Gasteiger partial charge in [-0.1, -0.05) is 0 Å². The molecule has 26 heavy (non-hydrogen) atoms. The molecule has 11 heteroatoms. The van der Waals surface area contributed by atoms with E-state index in [0.717, 1.165) is 12.1 Å². The van der Waals surface area contributed by atoms with Gasteiger partial charge >= 0.3 is 18.1 Å². The van der Waals surface area contributed by atoms with Gasteiger partial charge in [0, 0.05) is 13.1 Å². The van der Waals surface area contributed by atoms with Crippen LogP contribution in [0.25, 0.3) is 0 Å². The molecule has 1 heterocycles. The largest absolute Gasteiger partial charge is 0.481 e. The minimum atomic E-state index is -4.83. The number of halogens is 3. The van der Waals surface area contributed by atoms with E-state index in [-0.39, 0.29) is 17.1 Å². The van der Waals surface area contributed by atoms with Crippen molar-refractivity contribution in [1.29, 1.82) is 0 Å². The summed E-state index contributed by atoms with van der Waals surface area (Å²) in [7, 11) is -4.34.